The van der Waals surface area contributed by atoms with Crippen LogP contribution in [-0.4, -0.2) is 5.78 Å². The highest BCUT2D eigenvalue weighted by molar-refractivity contribution is 5.86. The molecule has 0 aliphatic heterocycles. The molecule has 0 fully saturated rings. The Bertz CT molecular complexity index is 359. The van der Waals surface area contributed by atoms with Crippen molar-refractivity contribution >= 4 is 5.78 Å². The van der Waals surface area contributed by atoms with Crippen molar-refractivity contribution in [1.29, 1.82) is 0 Å². The molecule has 0 aliphatic rings. The summed E-state index contributed by atoms with van der Waals surface area (Å²) in [5, 5.41) is 0. The molecule has 0 saturated carbocycles. The molecule has 0 saturated heterocycles. The molecule has 2 N–H and O–H groups in total. The Morgan fingerprint density at radius 2 is 2.07 bits per heavy atom. The summed E-state index contributed by atoms with van der Waals surface area (Å²) >= 11 is 0. The summed E-state index contributed by atoms with van der Waals surface area (Å²) in [5.41, 5.74) is 6.60. The van der Waals surface area contributed by atoms with E-state index >= 15 is 0 Å². The van der Waals surface area contributed by atoms with Crippen LogP contribution in [0.2, 0.25) is 0 Å². The number of benzene rings is 1. The van der Waals surface area contributed by atoms with E-state index < -0.39 is 6.04 Å². The van der Waals surface area contributed by atoms with Crippen LogP contribution in [0.1, 0.15) is 24.9 Å². The Morgan fingerprint density at radius 1 is 1.43 bits per heavy atom. The zero-order valence-corrected chi connectivity index (χ0v) is 8.16. The molecular weight excluding hydrogens is 174 g/mol. The first-order valence-electron chi connectivity index (χ1n) is 4.48. The molecule has 14 heavy (non-hydrogen) atoms. The highest BCUT2D eigenvalue weighted by atomic mass is 16.1. The smallest absolute Gasteiger partial charge is 0.165 e. The number of hydrogen-bond acceptors (Lipinski definition) is 2. The van der Waals surface area contributed by atoms with Crippen LogP contribution in [0.15, 0.2) is 30.3 Å². The molecule has 2 nitrogen and oxygen atoms in total. The molecule has 0 amide bonds. The van der Waals surface area contributed by atoms with Gasteiger partial charge in [-0.2, -0.15) is 0 Å². The Morgan fingerprint density at radius 3 is 2.64 bits per heavy atom. The molecule has 1 atom stereocenters. The van der Waals surface area contributed by atoms with Crippen molar-refractivity contribution in [3.05, 3.63) is 35.9 Å². The predicted molar refractivity (Wildman–Crippen MR) is 56.4 cm³/mol. The average molecular weight is 187 g/mol. The van der Waals surface area contributed by atoms with Crippen molar-refractivity contribution in [3.63, 3.8) is 0 Å². The maximum absolute atomic E-state index is 11.5. The van der Waals surface area contributed by atoms with Crippen LogP contribution >= 0.6 is 0 Å². The molecule has 0 aromatic heterocycles. The Hall–Kier alpha value is -1.59. The first kappa shape index (κ1) is 10.5. The molecule has 0 unspecified atom stereocenters. The van der Waals surface area contributed by atoms with Crippen LogP contribution in [-0.2, 0) is 4.79 Å². The molecule has 2 heteroatoms. The standard InChI is InChI=1S/C12H13NO/c1-2-3-9-11(14)12(13)10-7-5-4-6-8-10/h4-8,12H,9,13H2,1H3/t12-/m1/s1. The van der Waals surface area contributed by atoms with Gasteiger partial charge in [0.2, 0.25) is 0 Å². The van der Waals surface area contributed by atoms with Gasteiger partial charge in [-0.05, 0) is 12.5 Å². The van der Waals surface area contributed by atoms with Gasteiger partial charge in [-0.3, -0.25) is 4.79 Å². The summed E-state index contributed by atoms with van der Waals surface area (Å²) in [4.78, 5) is 11.5. The molecule has 72 valence electrons. The van der Waals surface area contributed by atoms with Gasteiger partial charge in [0.15, 0.2) is 5.78 Å². The largest absolute Gasteiger partial charge is 0.318 e. The van der Waals surface area contributed by atoms with Crippen LogP contribution < -0.4 is 5.73 Å². The second-order valence-electron chi connectivity index (χ2n) is 2.96. The van der Waals surface area contributed by atoms with Crippen molar-refractivity contribution in [2.45, 2.75) is 19.4 Å². The Labute approximate surface area is 84.1 Å². The van der Waals surface area contributed by atoms with Gasteiger partial charge in [0.05, 0.1) is 12.5 Å². The Balaban J connectivity index is 2.69. The fourth-order valence-corrected chi connectivity index (χ4v) is 1.13. The number of carbonyl (C=O) groups is 1. The highest BCUT2D eigenvalue weighted by Gasteiger charge is 2.13. The van der Waals surface area contributed by atoms with Gasteiger partial charge in [-0.25, -0.2) is 0 Å². The predicted octanol–water partition coefficient (Wildman–Crippen LogP) is 1.67. The monoisotopic (exact) mass is 187 g/mol. The number of nitrogens with two attached hydrogens (primary N) is 1. The van der Waals surface area contributed by atoms with E-state index in [4.69, 9.17) is 5.73 Å². The van der Waals surface area contributed by atoms with Crippen LogP contribution in [0.5, 0.6) is 0 Å². The zero-order valence-electron chi connectivity index (χ0n) is 8.16. The van der Waals surface area contributed by atoms with Crippen LogP contribution in [0.3, 0.4) is 0 Å². The summed E-state index contributed by atoms with van der Waals surface area (Å²) in [6, 6.07) is 8.79. The SMILES string of the molecule is CC#CCC(=O)[C@H](N)c1ccccc1. The van der Waals surface area contributed by atoms with Crippen molar-refractivity contribution in [3.8, 4) is 11.8 Å². The van der Waals surface area contributed by atoms with Gasteiger partial charge in [0.1, 0.15) is 0 Å². The van der Waals surface area contributed by atoms with Gasteiger partial charge in [0.25, 0.3) is 0 Å². The number of ketones is 1. The summed E-state index contributed by atoms with van der Waals surface area (Å²) in [7, 11) is 0. The third kappa shape index (κ3) is 2.72. The van der Waals surface area contributed by atoms with Gasteiger partial charge < -0.3 is 5.73 Å². The molecule has 0 spiro atoms. The first-order valence-corrected chi connectivity index (χ1v) is 4.48. The van der Waals surface area contributed by atoms with Crippen molar-refractivity contribution in [2.75, 3.05) is 0 Å². The second kappa shape index (κ2) is 5.21. The molecular formula is C12H13NO. The summed E-state index contributed by atoms with van der Waals surface area (Å²) < 4.78 is 0. The van der Waals surface area contributed by atoms with Gasteiger partial charge in [0, 0.05) is 0 Å². The van der Waals surface area contributed by atoms with Crippen LogP contribution in [0.25, 0.3) is 0 Å². The summed E-state index contributed by atoms with van der Waals surface area (Å²) in [5.74, 6) is 5.36. The second-order valence-corrected chi connectivity index (χ2v) is 2.96. The van der Waals surface area contributed by atoms with E-state index in [2.05, 4.69) is 11.8 Å². The van der Waals surface area contributed by atoms with Gasteiger partial charge in [-0.1, -0.05) is 36.3 Å². The Kier molecular flexibility index (Phi) is 3.90. The molecule has 1 aromatic rings. The molecule has 0 radical (unpaired) electrons. The number of carbonyl (C=O) groups excluding carboxylic acids is 1. The zero-order chi connectivity index (χ0) is 10.4. The lowest BCUT2D eigenvalue weighted by Crippen LogP contribution is -2.20. The van der Waals surface area contributed by atoms with E-state index in [0.717, 1.165) is 5.56 Å². The van der Waals surface area contributed by atoms with E-state index in [1.165, 1.54) is 0 Å². The molecule has 0 aliphatic carbocycles. The van der Waals surface area contributed by atoms with Crippen molar-refractivity contribution < 1.29 is 4.79 Å². The maximum atomic E-state index is 11.5. The third-order valence-electron chi connectivity index (χ3n) is 1.94. The fourth-order valence-electron chi connectivity index (χ4n) is 1.13. The minimum absolute atomic E-state index is 0.0365. The van der Waals surface area contributed by atoms with E-state index in [-0.39, 0.29) is 12.2 Å². The normalized spacial score (nSPS) is 11.3. The van der Waals surface area contributed by atoms with E-state index in [1.807, 2.05) is 30.3 Å². The van der Waals surface area contributed by atoms with Crippen molar-refractivity contribution in [2.24, 2.45) is 5.73 Å². The number of hydrogen-bond donors (Lipinski definition) is 1. The summed E-state index contributed by atoms with van der Waals surface area (Å²) in [6.45, 7) is 1.71. The maximum Gasteiger partial charge on any atom is 0.165 e. The molecule has 1 rings (SSSR count). The van der Waals surface area contributed by atoms with Crippen LogP contribution in [0.4, 0.5) is 0 Å². The van der Waals surface area contributed by atoms with Crippen LogP contribution in [0, 0.1) is 11.8 Å². The molecule has 0 bridgehead atoms. The topological polar surface area (TPSA) is 43.1 Å². The van der Waals surface area contributed by atoms with E-state index in [1.54, 1.807) is 6.92 Å². The fraction of sp³-hybridized carbons (Fsp3) is 0.250. The molecule has 0 heterocycles. The third-order valence-corrected chi connectivity index (χ3v) is 1.94. The quantitative estimate of drug-likeness (QED) is 0.731. The number of Topliss-reactive ketones (excluding diaryl/α,β-unsaturated/α-hetero) is 1. The van der Waals surface area contributed by atoms with Gasteiger partial charge in [-0.15, -0.1) is 5.92 Å². The first-order chi connectivity index (χ1) is 6.75. The van der Waals surface area contributed by atoms with Crippen molar-refractivity contribution in [1.82, 2.24) is 0 Å². The highest BCUT2D eigenvalue weighted by Crippen LogP contribution is 2.11. The lowest BCUT2D eigenvalue weighted by Gasteiger charge is -2.08. The van der Waals surface area contributed by atoms with Gasteiger partial charge >= 0.3 is 0 Å². The number of rotatable bonds is 3. The minimum atomic E-state index is -0.544. The average Bonchev–Trinajstić information content (AvgIpc) is 2.26. The lowest BCUT2D eigenvalue weighted by atomic mass is 10.0. The van der Waals surface area contributed by atoms with E-state index in [9.17, 15) is 4.79 Å². The lowest BCUT2D eigenvalue weighted by molar-refractivity contribution is -0.119. The summed E-state index contributed by atoms with van der Waals surface area (Å²) in [6.07, 6.45) is 0.229. The minimum Gasteiger partial charge on any atom is -0.318 e. The molecule has 1 aromatic carbocycles. The van der Waals surface area contributed by atoms with E-state index in [0.29, 0.717) is 0 Å².